The highest BCUT2D eigenvalue weighted by molar-refractivity contribution is 9.10. The summed E-state index contributed by atoms with van der Waals surface area (Å²) in [6, 6.07) is 14.4. The third-order valence-electron chi connectivity index (χ3n) is 3.90. The maximum absolute atomic E-state index is 12.2. The predicted octanol–water partition coefficient (Wildman–Crippen LogP) is 3.79. The molecule has 6 nitrogen and oxygen atoms in total. The summed E-state index contributed by atoms with van der Waals surface area (Å²) < 4.78 is 12.3. The van der Waals surface area contributed by atoms with Gasteiger partial charge in [-0.2, -0.15) is 5.01 Å². The van der Waals surface area contributed by atoms with Crippen LogP contribution in [0.2, 0.25) is 0 Å². The van der Waals surface area contributed by atoms with E-state index in [2.05, 4.69) is 21.0 Å². The van der Waals surface area contributed by atoms with Gasteiger partial charge in [-0.1, -0.05) is 34.1 Å². The molecule has 0 radical (unpaired) electrons. The number of carbonyl (C=O) groups is 2. The Kier molecular flexibility index (Phi) is 4.82. The molecule has 1 aliphatic heterocycles. The summed E-state index contributed by atoms with van der Waals surface area (Å²) in [5.74, 6) is -0.127. The van der Waals surface area contributed by atoms with Crippen molar-refractivity contribution >= 4 is 33.7 Å². The van der Waals surface area contributed by atoms with Crippen molar-refractivity contribution in [3.8, 4) is 5.75 Å². The van der Waals surface area contributed by atoms with Gasteiger partial charge in [0.2, 0.25) is 17.5 Å². The number of hydrogen-bond acceptors (Lipinski definition) is 5. The Morgan fingerprint density at radius 1 is 1.15 bits per heavy atom. The molecule has 26 heavy (non-hydrogen) atoms. The molecule has 134 valence electrons. The van der Waals surface area contributed by atoms with Crippen molar-refractivity contribution < 1.29 is 19.1 Å². The van der Waals surface area contributed by atoms with E-state index in [9.17, 15) is 9.59 Å². The first kappa shape index (κ1) is 18.1. The number of hydrogen-bond donors (Lipinski definition) is 0. The standard InChI is InChI=1S/C19H17BrN2O4/c1-12(23)22-19(3,16-9-4-5-10-17(16)25-13(2)24)26-18(21-22)14-7-6-8-15(20)11-14/h4-11H,1-3H3. The topological polar surface area (TPSA) is 68.2 Å². The maximum Gasteiger partial charge on any atom is 0.308 e. The lowest BCUT2D eigenvalue weighted by molar-refractivity contribution is -0.146. The SMILES string of the molecule is CC(=O)Oc1ccccc1C1(C)OC(c2cccc(Br)c2)=NN1C(C)=O. The van der Waals surface area contributed by atoms with Crippen molar-refractivity contribution in [1.29, 1.82) is 0 Å². The van der Waals surface area contributed by atoms with E-state index < -0.39 is 11.7 Å². The molecular weight excluding hydrogens is 400 g/mol. The largest absolute Gasteiger partial charge is 0.443 e. The fraction of sp³-hybridized carbons (Fsp3) is 0.211. The van der Waals surface area contributed by atoms with E-state index >= 15 is 0 Å². The van der Waals surface area contributed by atoms with Gasteiger partial charge in [-0.3, -0.25) is 9.59 Å². The lowest BCUT2D eigenvalue weighted by Gasteiger charge is -2.32. The average Bonchev–Trinajstić information content (AvgIpc) is 2.94. The van der Waals surface area contributed by atoms with E-state index in [-0.39, 0.29) is 5.91 Å². The molecule has 0 aliphatic carbocycles. The normalized spacial score (nSPS) is 18.9. The zero-order valence-corrected chi connectivity index (χ0v) is 16.1. The van der Waals surface area contributed by atoms with Crippen LogP contribution in [-0.2, 0) is 20.1 Å². The summed E-state index contributed by atoms with van der Waals surface area (Å²) in [6.07, 6.45) is 0. The predicted molar refractivity (Wildman–Crippen MR) is 99.4 cm³/mol. The number of carbonyl (C=O) groups excluding carboxylic acids is 2. The van der Waals surface area contributed by atoms with Gasteiger partial charge in [0.15, 0.2) is 0 Å². The average molecular weight is 417 g/mol. The molecule has 0 saturated carbocycles. The van der Waals surface area contributed by atoms with Gasteiger partial charge in [-0.05, 0) is 30.3 Å². The molecule has 0 saturated heterocycles. The Balaban J connectivity index is 2.07. The molecule has 3 rings (SSSR count). The minimum absolute atomic E-state index is 0.296. The monoisotopic (exact) mass is 416 g/mol. The third-order valence-corrected chi connectivity index (χ3v) is 4.39. The molecule has 7 heteroatoms. The summed E-state index contributed by atoms with van der Waals surface area (Å²) >= 11 is 3.42. The van der Waals surface area contributed by atoms with Crippen molar-refractivity contribution in [3.63, 3.8) is 0 Å². The van der Waals surface area contributed by atoms with Crippen LogP contribution >= 0.6 is 15.9 Å². The highest BCUT2D eigenvalue weighted by Gasteiger charge is 2.46. The van der Waals surface area contributed by atoms with Crippen molar-refractivity contribution in [2.75, 3.05) is 0 Å². The second-order valence-electron chi connectivity index (χ2n) is 5.92. The van der Waals surface area contributed by atoms with E-state index in [0.29, 0.717) is 17.2 Å². The molecule has 2 aromatic rings. The Morgan fingerprint density at radius 2 is 1.88 bits per heavy atom. The Hall–Kier alpha value is -2.67. The summed E-state index contributed by atoms with van der Waals surface area (Å²) in [7, 11) is 0. The number of ether oxygens (including phenoxy) is 2. The van der Waals surface area contributed by atoms with Gasteiger partial charge in [0.05, 0.1) is 5.56 Å². The second-order valence-corrected chi connectivity index (χ2v) is 6.84. The number of nitrogens with zero attached hydrogens (tertiary/aromatic N) is 2. The van der Waals surface area contributed by atoms with Crippen LogP contribution in [0.15, 0.2) is 58.1 Å². The number of benzene rings is 2. The van der Waals surface area contributed by atoms with Gasteiger partial charge in [-0.25, -0.2) is 0 Å². The van der Waals surface area contributed by atoms with Crippen LogP contribution in [0.3, 0.4) is 0 Å². The summed E-state index contributed by atoms with van der Waals surface area (Å²) in [5.41, 5.74) is 0.00803. The van der Waals surface area contributed by atoms with Crippen LogP contribution in [-0.4, -0.2) is 22.8 Å². The second kappa shape index (κ2) is 6.92. The van der Waals surface area contributed by atoms with Crippen molar-refractivity contribution in [2.45, 2.75) is 26.5 Å². The lowest BCUT2D eigenvalue weighted by atomic mass is 10.0. The Bertz CT molecular complexity index is 912. The van der Waals surface area contributed by atoms with E-state index in [1.165, 1.54) is 18.9 Å². The van der Waals surface area contributed by atoms with Gasteiger partial charge >= 0.3 is 5.97 Å². The highest BCUT2D eigenvalue weighted by atomic mass is 79.9. The number of esters is 1. The lowest BCUT2D eigenvalue weighted by Crippen LogP contribution is -2.41. The smallest absolute Gasteiger partial charge is 0.308 e. The van der Waals surface area contributed by atoms with E-state index in [4.69, 9.17) is 9.47 Å². The Labute approximate surface area is 159 Å². The van der Waals surface area contributed by atoms with Gasteiger partial charge in [0, 0.05) is 30.8 Å². The molecule has 1 atom stereocenters. The summed E-state index contributed by atoms with van der Waals surface area (Å²) in [5, 5.41) is 5.62. The van der Waals surface area contributed by atoms with Crippen molar-refractivity contribution in [2.24, 2.45) is 5.10 Å². The number of halogens is 1. The van der Waals surface area contributed by atoms with Crippen LogP contribution in [0.25, 0.3) is 0 Å². The van der Waals surface area contributed by atoms with Crippen LogP contribution < -0.4 is 4.74 Å². The first-order valence-electron chi connectivity index (χ1n) is 7.93. The molecule has 0 N–H and O–H groups in total. The number of rotatable bonds is 3. The van der Waals surface area contributed by atoms with E-state index in [0.717, 1.165) is 10.0 Å². The highest BCUT2D eigenvalue weighted by Crippen LogP contribution is 2.41. The third kappa shape index (κ3) is 3.35. The molecule has 0 aromatic heterocycles. The van der Waals surface area contributed by atoms with Crippen LogP contribution in [0.5, 0.6) is 5.75 Å². The zero-order valence-electron chi connectivity index (χ0n) is 14.5. The maximum atomic E-state index is 12.2. The van der Waals surface area contributed by atoms with Crippen LogP contribution in [0.1, 0.15) is 31.9 Å². The fourth-order valence-electron chi connectivity index (χ4n) is 2.81. The van der Waals surface area contributed by atoms with E-state index in [1.54, 1.807) is 31.2 Å². The van der Waals surface area contributed by atoms with E-state index in [1.807, 2.05) is 24.3 Å². The van der Waals surface area contributed by atoms with Gasteiger partial charge in [0.25, 0.3) is 0 Å². The first-order valence-corrected chi connectivity index (χ1v) is 8.73. The minimum Gasteiger partial charge on any atom is -0.443 e. The molecular formula is C19H17BrN2O4. The molecule has 1 unspecified atom stereocenters. The summed E-state index contributed by atoms with van der Waals surface area (Å²) in [4.78, 5) is 23.7. The molecule has 2 aromatic carbocycles. The molecule has 1 amide bonds. The van der Waals surface area contributed by atoms with Crippen molar-refractivity contribution in [1.82, 2.24) is 5.01 Å². The zero-order chi connectivity index (χ0) is 18.9. The molecule has 1 heterocycles. The molecule has 0 spiro atoms. The van der Waals surface area contributed by atoms with Crippen molar-refractivity contribution in [3.05, 3.63) is 64.1 Å². The van der Waals surface area contributed by atoms with Gasteiger partial charge in [-0.15, -0.1) is 5.10 Å². The van der Waals surface area contributed by atoms with Gasteiger partial charge < -0.3 is 9.47 Å². The van der Waals surface area contributed by atoms with Crippen LogP contribution in [0.4, 0.5) is 0 Å². The quantitative estimate of drug-likeness (QED) is 0.563. The van der Waals surface area contributed by atoms with Gasteiger partial charge in [0.1, 0.15) is 5.75 Å². The number of hydrazone groups is 1. The fourth-order valence-corrected chi connectivity index (χ4v) is 3.21. The minimum atomic E-state index is -1.24. The number of amides is 1. The molecule has 0 bridgehead atoms. The molecule has 0 fully saturated rings. The number of para-hydroxylation sites is 1. The molecule has 1 aliphatic rings. The van der Waals surface area contributed by atoms with Crippen LogP contribution in [0, 0.1) is 0 Å². The summed E-state index contributed by atoms with van der Waals surface area (Å²) in [6.45, 7) is 4.44. The Morgan fingerprint density at radius 3 is 2.54 bits per heavy atom. The first-order chi connectivity index (χ1) is 12.3.